The Morgan fingerprint density at radius 2 is 2.04 bits per heavy atom. The van der Waals surface area contributed by atoms with Crippen molar-refractivity contribution in [3.63, 3.8) is 0 Å². The van der Waals surface area contributed by atoms with Crippen molar-refractivity contribution in [3.8, 4) is 0 Å². The van der Waals surface area contributed by atoms with E-state index in [1.807, 2.05) is 0 Å². The molecule has 0 radical (unpaired) electrons. The van der Waals surface area contributed by atoms with E-state index in [1.165, 1.54) is 0 Å². The van der Waals surface area contributed by atoms with Gasteiger partial charge in [-0.05, 0) is 6.07 Å². The molecule has 1 fully saturated rings. The fourth-order valence-electron chi connectivity index (χ4n) is 1.88. The number of alkyl halides is 2. The van der Waals surface area contributed by atoms with Crippen LogP contribution in [0.1, 0.15) is 6.23 Å². The zero-order valence-electron chi connectivity index (χ0n) is 13.2. The zero-order chi connectivity index (χ0) is 16.7. The molecule has 0 bridgehead atoms. The molecule has 1 saturated heterocycles. The van der Waals surface area contributed by atoms with Crippen LogP contribution in [-0.2, 0) is 13.8 Å². The number of nitrogens with two attached hydrogens (primary N) is 1. The molecule has 1 aromatic rings. The monoisotopic (exact) mass is 405 g/mol. The van der Waals surface area contributed by atoms with Crippen molar-refractivity contribution >= 4 is 13.6 Å². The van der Waals surface area contributed by atoms with Crippen molar-refractivity contribution in [3.05, 3.63) is 22.7 Å². The summed E-state index contributed by atoms with van der Waals surface area (Å²) < 4.78 is 47.2. The van der Waals surface area contributed by atoms with Crippen LogP contribution in [0.5, 0.6) is 0 Å². The number of aliphatic hydroxyl groups excluding tert-OH is 1. The van der Waals surface area contributed by atoms with Gasteiger partial charge in [-0.3, -0.25) is 4.57 Å². The molecule has 5 N–H and O–H groups in total. The molecule has 0 spiro atoms. The number of phosphoric acid groups is 1. The van der Waals surface area contributed by atoms with Crippen LogP contribution < -0.4 is 80.3 Å². The average Bonchev–Trinajstić information content (AvgIpc) is 2.59. The molecule has 2 heterocycles. The summed E-state index contributed by atoms with van der Waals surface area (Å²) in [7, 11) is -5.43. The summed E-state index contributed by atoms with van der Waals surface area (Å²) >= 11 is 0. The van der Waals surface area contributed by atoms with Gasteiger partial charge in [0.2, 0.25) is 6.23 Å². The number of hydrogen-bond donors (Lipinski definition) is 2. The predicted molar refractivity (Wildman–Crippen MR) is 64.9 cm³/mol. The summed E-state index contributed by atoms with van der Waals surface area (Å²) in [5, 5.41) is 9.48. The number of anilines is 1. The Labute approximate surface area is 183 Å². The third-order valence-corrected chi connectivity index (χ3v) is 3.35. The van der Waals surface area contributed by atoms with Crippen LogP contribution in [-0.4, -0.2) is 44.9 Å². The fraction of sp³-hybridized carbons (Fsp3) is 0.556. The molecule has 16 heteroatoms. The molecule has 3 atom stereocenters. The van der Waals surface area contributed by atoms with Gasteiger partial charge < -0.3 is 39.9 Å². The molecular formula is C9H12F2N3Na2O8P. The first-order valence-corrected chi connectivity index (χ1v) is 7.21. The maximum atomic E-state index is 14.0. The summed E-state index contributed by atoms with van der Waals surface area (Å²) in [6.07, 6.45) is -5.70. The standard InChI is InChI=1S/C9H12F2N3O7P.2Na.H2O/c10-9(11)6(15)4(3-20-22(17,18)19)21-7(9)14-2-1-5(12)13-8(14)16;;;/h1-2,4,6-7,15H,3H2,(H2,12,13,16)(H2,17,18,19);;;1H2/q;2*+1;/p-2. The molecule has 0 saturated carbocycles. The number of nitrogen functional groups attached to an aromatic ring is 1. The Hall–Kier alpha value is 0.530. The van der Waals surface area contributed by atoms with Crippen LogP contribution >= 0.6 is 7.82 Å². The third-order valence-electron chi connectivity index (χ3n) is 2.88. The molecule has 1 aromatic heterocycles. The predicted octanol–water partition coefficient (Wildman–Crippen LogP) is -9.25. The third kappa shape index (κ3) is 6.57. The van der Waals surface area contributed by atoms with Crippen LogP contribution in [0.15, 0.2) is 17.1 Å². The summed E-state index contributed by atoms with van der Waals surface area (Å²) in [6, 6.07) is 1.06. The zero-order valence-corrected chi connectivity index (χ0v) is 18.1. The number of aromatic nitrogens is 2. The SMILES string of the molecule is Nc1ccn(C2OC(COP(=O)([O-])[O-])C(O)C2(F)F)c(=O)n1.O.[Na+].[Na+]. The number of rotatable bonds is 4. The van der Waals surface area contributed by atoms with Crippen molar-refractivity contribution in [1.29, 1.82) is 0 Å². The van der Waals surface area contributed by atoms with E-state index in [1.54, 1.807) is 0 Å². The topological polar surface area (TPSA) is 194 Å². The van der Waals surface area contributed by atoms with E-state index >= 15 is 0 Å². The number of ether oxygens (including phenoxy) is 1. The first-order valence-electron chi connectivity index (χ1n) is 5.75. The van der Waals surface area contributed by atoms with Gasteiger partial charge in [-0.1, -0.05) is 0 Å². The Morgan fingerprint density at radius 1 is 1.48 bits per heavy atom. The fourth-order valence-corrected chi connectivity index (χ4v) is 2.20. The first-order chi connectivity index (χ1) is 10.0. The van der Waals surface area contributed by atoms with Crippen LogP contribution in [0.4, 0.5) is 14.6 Å². The maximum Gasteiger partial charge on any atom is 1.00 e. The Bertz CT molecular complexity index is 674. The second kappa shape index (κ2) is 10.2. The minimum Gasteiger partial charge on any atom is -0.790 e. The Balaban J connectivity index is 0. The van der Waals surface area contributed by atoms with Crippen molar-refractivity contribution in [2.45, 2.75) is 24.4 Å². The average molecular weight is 405 g/mol. The Kier molecular flexibility index (Phi) is 11.3. The van der Waals surface area contributed by atoms with Crippen LogP contribution in [0.3, 0.4) is 0 Å². The van der Waals surface area contributed by atoms with Gasteiger partial charge in [0.15, 0.2) is 6.10 Å². The second-order valence-electron chi connectivity index (χ2n) is 4.43. The number of halogens is 2. The summed E-state index contributed by atoms with van der Waals surface area (Å²) in [4.78, 5) is 35.5. The largest absolute Gasteiger partial charge is 1.00 e. The molecule has 0 aliphatic carbocycles. The van der Waals surface area contributed by atoms with Gasteiger partial charge in [0, 0.05) is 6.20 Å². The minimum absolute atomic E-state index is 0. The summed E-state index contributed by atoms with van der Waals surface area (Å²) in [5.41, 5.74) is 4.07. The van der Waals surface area contributed by atoms with Gasteiger partial charge in [-0.25, -0.2) is 4.79 Å². The van der Waals surface area contributed by atoms with Crippen molar-refractivity contribution in [1.82, 2.24) is 9.55 Å². The number of hydrogen-bond acceptors (Lipinski definition) is 9. The molecule has 132 valence electrons. The smallest absolute Gasteiger partial charge is 0.790 e. The molecule has 25 heavy (non-hydrogen) atoms. The number of aliphatic hydroxyl groups is 1. The summed E-state index contributed by atoms with van der Waals surface area (Å²) in [6.45, 7) is -1.12. The van der Waals surface area contributed by atoms with E-state index in [2.05, 4.69) is 9.51 Å². The molecule has 2 rings (SSSR count). The summed E-state index contributed by atoms with van der Waals surface area (Å²) in [5.74, 6) is -4.16. The van der Waals surface area contributed by atoms with E-state index in [9.17, 15) is 33.0 Å². The van der Waals surface area contributed by atoms with Crippen LogP contribution in [0.2, 0.25) is 0 Å². The second-order valence-corrected chi connectivity index (χ2v) is 5.58. The normalized spacial score (nSPS) is 24.6. The molecule has 3 unspecified atom stereocenters. The molecule has 0 aromatic carbocycles. The molecule has 11 nitrogen and oxygen atoms in total. The van der Waals surface area contributed by atoms with E-state index in [0.29, 0.717) is 4.57 Å². The van der Waals surface area contributed by atoms with E-state index in [-0.39, 0.29) is 70.4 Å². The van der Waals surface area contributed by atoms with Gasteiger partial charge in [-0.15, -0.1) is 0 Å². The number of nitrogens with zero attached hydrogens (tertiary/aromatic N) is 2. The van der Waals surface area contributed by atoms with E-state index < -0.39 is 44.5 Å². The van der Waals surface area contributed by atoms with Crippen LogP contribution in [0.25, 0.3) is 0 Å². The van der Waals surface area contributed by atoms with Gasteiger partial charge in [0.05, 0.1) is 14.4 Å². The van der Waals surface area contributed by atoms with Crippen molar-refractivity contribution < 1.29 is 102 Å². The quantitative estimate of drug-likeness (QED) is 0.361. The van der Waals surface area contributed by atoms with E-state index in [0.717, 1.165) is 12.3 Å². The van der Waals surface area contributed by atoms with Gasteiger partial charge in [0.1, 0.15) is 11.9 Å². The molecule has 0 amide bonds. The Morgan fingerprint density at radius 3 is 2.52 bits per heavy atom. The molecule has 1 aliphatic rings. The first kappa shape index (κ1) is 27.7. The van der Waals surface area contributed by atoms with Gasteiger partial charge >= 0.3 is 70.7 Å². The van der Waals surface area contributed by atoms with E-state index in [4.69, 9.17) is 10.5 Å². The molecular weight excluding hydrogens is 393 g/mol. The van der Waals surface area contributed by atoms with Crippen molar-refractivity contribution in [2.75, 3.05) is 12.3 Å². The van der Waals surface area contributed by atoms with Crippen LogP contribution in [0, 0.1) is 0 Å². The minimum atomic E-state index is -5.43. The van der Waals surface area contributed by atoms with Gasteiger partial charge in [-0.2, -0.15) is 13.8 Å². The van der Waals surface area contributed by atoms with Gasteiger partial charge in [0.25, 0.3) is 0 Å². The number of phosphoric ester groups is 1. The maximum absolute atomic E-state index is 14.0. The van der Waals surface area contributed by atoms with Crippen molar-refractivity contribution in [2.24, 2.45) is 0 Å². The molecule has 1 aliphatic heterocycles.